The Balaban J connectivity index is 1.33. The highest BCUT2D eigenvalue weighted by molar-refractivity contribution is 7.09. The Labute approximate surface area is 180 Å². The number of rotatable bonds is 5. The number of anilines is 1. The minimum atomic E-state index is -0.634. The fraction of sp³-hybridized carbons (Fsp3) is 0.318. The molecule has 1 aliphatic heterocycles. The lowest BCUT2D eigenvalue weighted by Gasteiger charge is -2.35. The molecule has 1 atom stereocenters. The Hall–Kier alpha value is -2.44. The number of hydrogen-bond acceptors (Lipinski definition) is 5. The Morgan fingerprint density at radius 3 is 2.45 bits per heavy atom. The smallest absolute Gasteiger partial charge is 0.245 e. The van der Waals surface area contributed by atoms with Gasteiger partial charge in [0.1, 0.15) is 11.2 Å². The Kier molecular flexibility index (Phi) is 6.11. The fourth-order valence-corrected chi connectivity index (χ4v) is 4.40. The lowest BCUT2D eigenvalue weighted by Crippen LogP contribution is -2.49. The molecule has 0 saturated carbocycles. The van der Waals surface area contributed by atoms with Crippen LogP contribution < -0.4 is 4.90 Å². The number of carbonyl (C=O) groups is 1. The molecular formula is C22H23ClN4OS. The maximum absolute atomic E-state index is 12.7. The van der Waals surface area contributed by atoms with Gasteiger partial charge in [0.25, 0.3) is 0 Å². The van der Waals surface area contributed by atoms with Crippen LogP contribution in [0.2, 0.25) is 0 Å². The van der Waals surface area contributed by atoms with Crippen molar-refractivity contribution < 1.29 is 4.79 Å². The second-order valence-electron chi connectivity index (χ2n) is 7.24. The minimum absolute atomic E-state index is 0.0326. The highest BCUT2D eigenvalue weighted by Gasteiger charge is 2.28. The molecule has 7 heteroatoms. The summed E-state index contributed by atoms with van der Waals surface area (Å²) >= 11 is 7.83. The van der Waals surface area contributed by atoms with E-state index in [4.69, 9.17) is 16.6 Å². The predicted octanol–water partition coefficient (Wildman–Crippen LogP) is 4.07. The SMILES string of the molecule is Cc1ccc(Cc2nsc(N3CCN(C(=O)C(Cl)c4ccccc4)CC3)n2)cc1. The van der Waals surface area contributed by atoms with Crippen molar-refractivity contribution in [3.8, 4) is 0 Å². The van der Waals surface area contributed by atoms with Crippen molar-refractivity contribution in [3.63, 3.8) is 0 Å². The van der Waals surface area contributed by atoms with Gasteiger partial charge in [0.15, 0.2) is 0 Å². The molecule has 0 radical (unpaired) electrons. The number of alkyl halides is 1. The molecule has 1 aromatic heterocycles. The van der Waals surface area contributed by atoms with Crippen LogP contribution in [0.4, 0.5) is 5.13 Å². The average Bonchev–Trinajstić information content (AvgIpc) is 3.23. The van der Waals surface area contributed by atoms with Gasteiger partial charge in [-0.05, 0) is 18.1 Å². The lowest BCUT2D eigenvalue weighted by atomic mass is 10.1. The average molecular weight is 427 g/mol. The number of hydrogen-bond donors (Lipinski definition) is 0. The normalized spacial score (nSPS) is 15.4. The number of halogens is 1. The number of benzene rings is 2. The van der Waals surface area contributed by atoms with Gasteiger partial charge in [0.05, 0.1) is 0 Å². The summed E-state index contributed by atoms with van der Waals surface area (Å²) in [5.41, 5.74) is 3.30. The van der Waals surface area contributed by atoms with Crippen LogP contribution >= 0.6 is 23.1 Å². The zero-order valence-corrected chi connectivity index (χ0v) is 17.9. The predicted molar refractivity (Wildman–Crippen MR) is 118 cm³/mol. The van der Waals surface area contributed by atoms with Crippen molar-refractivity contribution in [2.75, 3.05) is 31.1 Å². The number of amides is 1. The van der Waals surface area contributed by atoms with E-state index in [0.29, 0.717) is 13.1 Å². The molecule has 2 aromatic carbocycles. The molecule has 0 N–H and O–H groups in total. The first kappa shape index (κ1) is 19.9. The number of carbonyl (C=O) groups excluding carboxylic acids is 1. The molecule has 1 amide bonds. The summed E-state index contributed by atoms with van der Waals surface area (Å²) in [6.45, 7) is 4.84. The first-order valence-electron chi connectivity index (χ1n) is 9.71. The molecular weight excluding hydrogens is 404 g/mol. The van der Waals surface area contributed by atoms with Crippen LogP contribution in [-0.4, -0.2) is 46.3 Å². The molecule has 0 spiro atoms. The van der Waals surface area contributed by atoms with Gasteiger partial charge in [-0.1, -0.05) is 60.2 Å². The van der Waals surface area contributed by atoms with Crippen LogP contribution in [0.1, 0.15) is 27.9 Å². The molecule has 1 aliphatic rings. The van der Waals surface area contributed by atoms with Gasteiger partial charge in [-0.25, -0.2) is 4.98 Å². The van der Waals surface area contributed by atoms with Crippen LogP contribution in [0.5, 0.6) is 0 Å². The second kappa shape index (κ2) is 8.93. The Bertz CT molecular complexity index is 952. The summed E-state index contributed by atoms with van der Waals surface area (Å²) < 4.78 is 4.52. The topological polar surface area (TPSA) is 49.3 Å². The van der Waals surface area contributed by atoms with Gasteiger partial charge in [0, 0.05) is 44.1 Å². The van der Waals surface area contributed by atoms with E-state index in [1.807, 2.05) is 35.2 Å². The van der Waals surface area contributed by atoms with Crippen molar-refractivity contribution in [3.05, 3.63) is 77.1 Å². The zero-order chi connectivity index (χ0) is 20.2. The Morgan fingerprint density at radius 1 is 1.07 bits per heavy atom. The molecule has 0 aliphatic carbocycles. The van der Waals surface area contributed by atoms with E-state index in [2.05, 4.69) is 40.5 Å². The van der Waals surface area contributed by atoms with Crippen LogP contribution in [0.3, 0.4) is 0 Å². The summed E-state index contributed by atoms with van der Waals surface area (Å²) in [5.74, 6) is 0.812. The third-order valence-corrected chi connectivity index (χ3v) is 6.36. The third-order valence-electron chi connectivity index (χ3n) is 5.11. The van der Waals surface area contributed by atoms with E-state index >= 15 is 0 Å². The minimum Gasteiger partial charge on any atom is -0.343 e. The van der Waals surface area contributed by atoms with E-state index < -0.39 is 5.38 Å². The molecule has 0 bridgehead atoms. The monoisotopic (exact) mass is 426 g/mol. The summed E-state index contributed by atoms with van der Waals surface area (Å²) in [5, 5.41) is 0.287. The van der Waals surface area contributed by atoms with Crippen LogP contribution in [0.15, 0.2) is 54.6 Å². The van der Waals surface area contributed by atoms with Crippen molar-refractivity contribution in [2.45, 2.75) is 18.7 Å². The Morgan fingerprint density at radius 2 is 1.76 bits per heavy atom. The lowest BCUT2D eigenvalue weighted by molar-refractivity contribution is -0.131. The van der Waals surface area contributed by atoms with Gasteiger partial charge in [-0.15, -0.1) is 11.6 Å². The third kappa shape index (κ3) is 4.77. The van der Waals surface area contributed by atoms with Gasteiger partial charge >= 0.3 is 0 Å². The van der Waals surface area contributed by atoms with E-state index in [1.54, 1.807) is 0 Å². The van der Waals surface area contributed by atoms with Gasteiger partial charge in [-0.2, -0.15) is 4.37 Å². The number of aryl methyl sites for hydroxylation is 1. The van der Waals surface area contributed by atoms with Crippen LogP contribution in [0, 0.1) is 6.92 Å². The molecule has 29 heavy (non-hydrogen) atoms. The van der Waals surface area contributed by atoms with E-state index in [9.17, 15) is 4.79 Å². The van der Waals surface area contributed by atoms with E-state index in [1.165, 1.54) is 22.7 Å². The number of aromatic nitrogens is 2. The molecule has 3 aromatic rings. The highest BCUT2D eigenvalue weighted by Crippen LogP contribution is 2.25. The van der Waals surface area contributed by atoms with Gasteiger partial charge < -0.3 is 9.80 Å². The van der Waals surface area contributed by atoms with Crippen LogP contribution in [0.25, 0.3) is 0 Å². The van der Waals surface area contributed by atoms with E-state index in [-0.39, 0.29) is 5.91 Å². The fourth-order valence-electron chi connectivity index (χ4n) is 3.38. The largest absolute Gasteiger partial charge is 0.343 e. The zero-order valence-electron chi connectivity index (χ0n) is 16.3. The molecule has 1 unspecified atom stereocenters. The summed E-state index contributed by atoms with van der Waals surface area (Å²) in [7, 11) is 0. The highest BCUT2D eigenvalue weighted by atomic mass is 35.5. The number of piperazine rings is 1. The molecule has 2 heterocycles. The second-order valence-corrected chi connectivity index (χ2v) is 8.41. The molecule has 5 nitrogen and oxygen atoms in total. The quantitative estimate of drug-likeness (QED) is 0.577. The van der Waals surface area contributed by atoms with Crippen molar-refractivity contribution in [1.29, 1.82) is 0 Å². The van der Waals surface area contributed by atoms with Gasteiger partial charge in [-0.3, -0.25) is 4.79 Å². The summed E-state index contributed by atoms with van der Waals surface area (Å²) in [4.78, 5) is 21.5. The number of nitrogens with zero attached hydrogens (tertiary/aromatic N) is 4. The first-order chi connectivity index (χ1) is 14.1. The first-order valence-corrected chi connectivity index (χ1v) is 10.9. The maximum Gasteiger partial charge on any atom is 0.245 e. The van der Waals surface area contributed by atoms with Crippen molar-refractivity contribution >= 4 is 34.2 Å². The van der Waals surface area contributed by atoms with Gasteiger partial charge in [0.2, 0.25) is 11.0 Å². The van der Waals surface area contributed by atoms with Crippen molar-refractivity contribution in [2.24, 2.45) is 0 Å². The molecule has 150 valence electrons. The molecule has 1 saturated heterocycles. The van der Waals surface area contributed by atoms with Crippen molar-refractivity contribution in [1.82, 2.24) is 14.3 Å². The summed E-state index contributed by atoms with van der Waals surface area (Å²) in [6.07, 6.45) is 0.736. The molecule has 1 fully saturated rings. The summed E-state index contributed by atoms with van der Waals surface area (Å²) in [6, 6.07) is 18.0. The standard InChI is InChI=1S/C22H23ClN4OS/c1-16-7-9-17(10-8-16)15-19-24-22(29-25-19)27-13-11-26(12-14-27)21(28)20(23)18-5-3-2-4-6-18/h2-10,20H,11-15H2,1H3. The maximum atomic E-state index is 12.7. The molecule has 4 rings (SSSR count). The van der Waals surface area contributed by atoms with E-state index in [0.717, 1.165) is 36.0 Å². The van der Waals surface area contributed by atoms with Crippen LogP contribution in [-0.2, 0) is 11.2 Å².